The normalized spacial score (nSPS) is 11.2. The Labute approximate surface area is 233 Å². The van der Waals surface area contributed by atoms with Crippen molar-refractivity contribution in [2.45, 2.75) is 38.3 Å². The van der Waals surface area contributed by atoms with Crippen molar-refractivity contribution in [3.63, 3.8) is 0 Å². The summed E-state index contributed by atoms with van der Waals surface area (Å²) in [7, 11) is 3.13. The largest absolute Gasteiger partial charge is 0.497 e. The van der Waals surface area contributed by atoms with Crippen LogP contribution in [0.25, 0.3) is 17.1 Å². The summed E-state index contributed by atoms with van der Waals surface area (Å²) in [5.74, 6) is 2.58. The Morgan fingerprint density at radius 3 is 2.23 bits per heavy atom. The standard InChI is InChI=1S/C30H34N4O4S/c1-7-38-23-14-12-22(13-15-23)34-28(20-8-10-21(11-9-20)30(2,3)4)32-33-29(34)39-19-27(35)31-25-17-16-24(36-5)18-26(25)37-6/h8-18H,7,19H2,1-6H3,(H,31,35). The number of anilines is 1. The molecule has 1 heterocycles. The number of rotatable bonds is 10. The SMILES string of the molecule is CCOc1ccc(-n2c(SCC(=O)Nc3ccc(OC)cc3OC)nnc2-c2ccc(C(C)(C)C)cc2)cc1. The van der Waals surface area contributed by atoms with Gasteiger partial charge in [-0.25, -0.2) is 0 Å². The summed E-state index contributed by atoms with van der Waals surface area (Å²) in [5, 5.41) is 12.5. The number of nitrogens with zero attached hydrogens (tertiary/aromatic N) is 3. The lowest BCUT2D eigenvalue weighted by Crippen LogP contribution is -2.15. The van der Waals surface area contributed by atoms with Crippen LogP contribution in [0.1, 0.15) is 33.3 Å². The van der Waals surface area contributed by atoms with Gasteiger partial charge < -0.3 is 19.5 Å². The van der Waals surface area contributed by atoms with Crippen LogP contribution in [0.15, 0.2) is 71.9 Å². The van der Waals surface area contributed by atoms with Crippen molar-refractivity contribution >= 4 is 23.4 Å². The highest BCUT2D eigenvalue weighted by Gasteiger charge is 2.20. The van der Waals surface area contributed by atoms with Crippen LogP contribution in [0.4, 0.5) is 5.69 Å². The lowest BCUT2D eigenvalue weighted by Gasteiger charge is -2.19. The van der Waals surface area contributed by atoms with E-state index in [1.165, 1.54) is 17.3 Å². The predicted octanol–water partition coefficient (Wildman–Crippen LogP) is 6.38. The molecule has 0 saturated carbocycles. The second-order valence-electron chi connectivity index (χ2n) is 9.80. The molecule has 0 atom stereocenters. The van der Waals surface area contributed by atoms with E-state index in [0.29, 0.717) is 34.8 Å². The monoisotopic (exact) mass is 546 g/mol. The van der Waals surface area contributed by atoms with E-state index in [4.69, 9.17) is 14.2 Å². The van der Waals surface area contributed by atoms with E-state index in [1.807, 2.05) is 35.8 Å². The third kappa shape index (κ3) is 6.72. The van der Waals surface area contributed by atoms with E-state index in [9.17, 15) is 4.79 Å². The van der Waals surface area contributed by atoms with Crippen molar-refractivity contribution in [1.82, 2.24) is 14.8 Å². The number of aromatic nitrogens is 3. The summed E-state index contributed by atoms with van der Waals surface area (Å²) < 4.78 is 18.2. The molecule has 8 nitrogen and oxygen atoms in total. The molecule has 1 aromatic heterocycles. The number of ether oxygens (including phenoxy) is 3. The number of nitrogens with one attached hydrogen (secondary N) is 1. The number of carbonyl (C=O) groups is 1. The van der Waals surface area contributed by atoms with Crippen molar-refractivity contribution in [3.05, 3.63) is 72.3 Å². The minimum absolute atomic E-state index is 0.0439. The van der Waals surface area contributed by atoms with E-state index < -0.39 is 0 Å². The first kappa shape index (κ1) is 28.0. The minimum Gasteiger partial charge on any atom is -0.497 e. The number of thioether (sulfide) groups is 1. The zero-order chi connectivity index (χ0) is 28.0. The van der Waals surface area contributed by atoms with Crippen molar-refractivity contribution < 1.29 is 19.0 Å². The summed E-state index contributed by atoms with van der Waals surface area (Å²) in [4.78, 5) is 12.9. The van der Waals surface area contributed by atoms with Gasteiger partial charge in [-0.3, -0.25) is 9.36 Å². The smallest absolute Gasteiger partial charge is 0.234 e. The van der Waals surface area contributed by atoms with Crippen LogP contribution in [0.5, 0.6) is 17.2 Å². The summed E-state index contributed by atoms with van der Waals surface area (Å²) in [6, 6.07) is 21.4. The second kappa shape index (κ2) is 12.3. The fourth-order valence-electron chi connectivity index (χ4n) is 3.98. The first-order valence-corrected chi connectivity index (χ1v) is 13.7. The van der Waals surface area contributed by atoms with E-state index >= 15 is 0 Å². The minimum atomic E-state index is -0.194. The van der Waals surface area contributed by atoms with Gasteiger partial charge in [0.15, 0.2) is 11.0 Å². The highest BCUT2D eigenvalue weighted by molar-refractivity contribution is 7.99. The molecule has 204 valence electrons. The van der Waals surface area contributed by atoms with Gasteiger partial charge in [0.05, 0.1) is 32.3 Å². The van der Waals surface area contributed by atoms with Gasteiger partial charge in [0.2, 0.25) is 5.91 Å². The van der Waals surface area contributed by atoms with Crippen molar-refractivity contribution in [2.75, 3.05) is 31.9 Å². The molecule has 1 N–H and O–H groups in total. The molecule has 0 spiro atoms. The van der Waals surface area contributed by atoms with Crippen LogP contribution in [0.2, 0.25) is 0 Å². The first-order valence-electron chi connectivity index (χ1n) is 12.7. The maximum atomic E-state index is 12.9. The van der Waals surface area contributed by atoms with Gasteiger partial charge >= 0.3 is 0 Å². The lowest BCUT2D eigenvalue weighted by molar-refractivity contribution is -0.113. The maximum absolute atomic E-state index is 12.9. The quantitative estimate of drug-likeness (QED) is 0.231. The van der Waals surface area contributed by atoms with Gasteiger partial charge in [-0.2, -0.15) is 0 Å². The van der Waals surface area contributed by atoms with E-state index in [0.717, 1.165) is 17.0 Å². The number of amides is 1. The topological polar surface area (TPSA) is 87.5 Å². The van der Waals surface area contributed by atoms with E-state index in [-0.39, 0.29) is 17.1 Å². The average molecular weight is 547 g/mol. The highest BCUT2D eigenvalue weighted by atomic mass is 32.2. The molecule has 0 radical (unpaired) electrons. The molecular formula is C30H34N4O4S. The van der Waals surface area contributed by atoms with Crippen LogP contribution in [-0.2, 0) is 10.2 Å². The Hall–Kier alpha value is -3.98. The Morgan fingerprint density at radius 1 is 0.923 bits per heavy atom. The van der Waals surface area contributed by atoms with Gasteiger partial charge in [0.25, 0.3) is 0 Å². The molecule has 3 aromatic carbocycles. The molecule has 39 heavy (non-hydrogen) atoms. The van der Waals surface area contributed by atoms with Crippen LogP contribution < -0.4 is 19.5 Å². The molecule has 0 unspecified atom stereocenters. The molecule has 0 fully saturated rings. The number of hydrogen-bond donors (Lipinski definition) is 1. The Morgan fingerprint density at radius 2 is 1.62 bits per heavy atom. The molecule has 1 amide bonds. The molecule has 4 aromatic rings. The van der Waals surface area contributed by atoms with Crippen LogP contribution in [0.3, 0.4) is 0 Å². The lowest BCUT2D eigenvalue weighted by atomic mass is 9.87. The van der Waals surface area contributed by atoms with Gasteiger partial charge in [-0.05, 0) is 54.3 Å². The molecule has 0 saturated heterocycles. The van der Waals surface area contributed by atoms with Gasteiger partial charge in [-0.15, -0.1) is 10.2 Å². The third-order valence-electron chi connectivity index (χ3n) is 6.06. The Bertz CT molecular complexity index is 1410. The van der Waals surface area contributed by atoms with Crippen molar-refractivity contribution in [3.8, 4) is 34.3 Å². The van der Waals surface area contributed by atoms with E-state index in [1.54, 1.807) is 32.4 Å². The zero-order valence-corrected chi connectivity index (χ0v) is 24.0. The van der Waals surface area contributed by atoms with Crippen molar-refractivity contribution in [1.29, 1.82) is 0 Å². The van der Waals surface area contributed by atoms with Gasteiger partial charge in [0.1, 0.15) is 17.2 Å². The number of benzene rings is 3. The van der Waals surface area contributed by atoms with Crippen LogP contribution >= 0.6 is 11.8 Å². The molecule has 0 aliphatic heterocycles. The summed E-state index contributed by atoms with van der Waals surface area (Å²) in [5.41, 5.74) is 3.65. The Kier molecular flexibility index (Phi) is 8.81. The number of carbonyl (C=O) groups excluding carboxylic acids is 1. The van der Waals surface area contributed by atoms with Gasteiger partial charge in [0, 0.05) is 17.3 Å². The maximum Gasteiger partial charge on any atom is 0.234 e. The molecular weight excluding hydrogens is 512 g/mol. The fourth-order valence-corrected chi connectivity index (χ4v) is 4.73. The average Bonchev–Trinajstić information content (AvgIpc) is 3.36. The molecule has 0 bridgehead atoms. The fraction of sp³-hybridized carbons (Fsp3) is 0.300. The molecule has 0 aliphatic rings. The second-order valence-corrected chi connectivity index (χ2v) is 10.7. The summed E-state index contributed by atoms with van der Waals surface area (Å²) in [6.45, 7) is 9.10. The van der Waals surface area contributed by atoms with Gasteiger partial charge in [-0.1, -0.05) is 56.8 Å². The predicted molar refractivity (Wildman–Crippen MR) is 156 cm³/mol. The summed E-state index contributed by atoms with van der Waals surface area (Å²) in [6.07, 6.45) is 0. The third-order valence-corrected chi connectivity index (χ3v) is 6.99. The first-order chi connectivity index (χ1) is 18.7. The Balaban J connectivity index is 1.61. The number of methoxy groups -OCH3 is 2. The zero-order valence-electron chi connectivity index (χ0n) is 23.1. The van der Waals surface area contributed by atoms with E-state index in [2.05, 4.69) is 60.6 Å². The van der Waals surface area contributed by atoms with Crippen molar-refractivity contribution in [2.24, 2.45) is 0 Å². The molecule has 4 rings (SSSR count). The summed E-state index contributed by atoms with van der Waals surface area (Å²) >= 11 is 1.31. The molecule has 9 heteroatoms. The van der Waals surface area contributed by atoms with Crippen LogP contribution in [0, 0.1) is 0 Å². The number of hydrogen-bond acceptors (Lipinski definition) is 7. The highest BCUT2D eigenvalue weighted by Crippen LogP contribution is 2.32. The van der Waals surface area contributed by atoms with Crippen LogP contribution in [-0.4, -0.2) is 47.3 Å². The molecule has 0 aliphatic carbocycles.